The zero-order valence-corrected chi connectivity index (χ0v) is 6.59. The van der Waals surface area contributed by atoms with Gasteiger partial charge in [-0.25, -0.2) is 0 Å². The third kappa shape index (κ3) is 6.92. The number of ether oxygens (including phenoxy) is 1. The topological polar surface area (TPSA) is 18.5 Å². The summed E-state index contributed by atoms with van der Waals surface area (Å²) in [6.45, 7) is 0.265. The minimum absolute atomic E-state index is 0.265. The van der Waals surface area contributed by atoms with E-state index in [2.05, 4.69) is 28.8 Å². The molecule has 5 heteroatoms. The number of methoxy groups -OCH3 is 1. The molecule has 0 fully saturated rings. The number of hydrogen-bond acceptors (Lipinski definition) is 3. The zero-order valence-electron chi connectivity index (χ0n) is 3.88. The van der Waals surface area contributed by atoms with Crippen LogP contribution in [0.2, 0.25) is 0 Å². The van der Waals surface area contributed by atoms with Crippen LogP contribution in [0, 0.1) is 0 Å². The van der Waals surface area contributed by atoms with Crippen LogP contribution in [-0.2, 0) is 21.1 Å². The molecule has 0 aliphatic carbocycles. The van der Waals surface area contributed by atoms with E-state index in [1.54, 1.807) is 7.11 Å². The Balaban J connectivity index is 2.82. The predicted molar refractivity (Wildman–Crippen MR) is 37.6 cm³/mol. The third-order valence-corrected chi connectivity index (χ3v) is 1.41. The molecule has 0 aliphatic rings. The second kappa shape index (κ2) is 5.06. The van der Waals surface area contributed by atoms with Crippen LogP contribution in [0.3, 0.4) is 0 Å². The average molecular weight is 158 g/mol. The molecule has 0 aromatic heterocycles. The molecule has 0 spiro atoms. The Morgan fingerprint density at radius 3 is 2.57 bits per heavy atom. The monoisotopic (exact) mass is 158 g/mol. The summed E-state index contributed by atoms with van der Waals surface area (Å²) in [5.74, 6) is 0. The fourth-order valence-electron chi connectivity index (χ4n) is 0.109. The van der Waals surface area contributed by atoms with E-state index < -0.39 is 6.13 Å². The first-order valence-corrected chi connectivity index (χ1v) is 5.45. The summed E-state index contributed by atoms with van der Waals surface area (Å²) < 4.78 is 9.29. The molecule has 0 saturated carbocycles. The van der Waals surface area contributed by atoms with Crippen molar-refractivity contribution in [3.63, 3.8) is 0 Å². The number of hydrogen-bond donors (Lipinski definition) is 1. The second-order valence-corrected chi connectivity index (χ2v) is 4.88. The first-order chi connectivity index (χ1) is 3.27. The van der Waals surface area contributed by atoms with Gasteiger partial charge in [-0.3, -0.25) is 0 Å². The minimum atomic E-state index is -1.24. The number of rotatable bonds is 3. The fraction of sp³-hybridized carbons (Fsp3) is 1.00. The van der Waals surface area contributed by atoms with Crippen LogP contribution in [0.15, 0.2) is 0 Å². The van der Waals surface area contributed by atoms with Crippen LogP contribution >= 0.6 is 18.4 Å². The lowest BCUT2D eigenvalue weighted by molar-refractivity contribution is 0.0647. The van der Waals surface area contributed by atoms with Gasteiger partial charge in [0, 0.05) is 7.11 Å². The summed E-state index contributed by atoms with van der Waals surface area (Å²) in [4.78, 5) is 0. The molecule has 44 valence electrons. The van der Waals surface area contributed by atoms with E-state index in [1.807, 2.05) is 0 Å². The summed E-state index contributed by atoms with van der Waals surface area (Å²) in [5.41, 5.74) is 0. The van der Waals surface area contributed by atoms with E-state index >= 15 is 0 Å². The van der Waals surface area contributed by atoms with Crippen LogP contribution in [0.1, 0.15) is 0 Å². The fourth-order valence-corrected chi connectivity index (χ4v) is 0.630. The highest BCUT2D eigenvalue weighted by Crippen LogP contribution is 2.26. The van der Waals surface area contributed by atoms with Gasteiger partial charge in [-0.05, 0) is 0 Å². The van der Waals surface area contributed by atoms with Crippen molar-refractivity contribution >= 4 is 30.2 Å². The molecule has 0 amide bonds. The maximum Gasteiger partial charge on any atom is 0.151 e. The Morgan fingerprint density at radius 2 is 2.43 bits per heavy atom. The maximum atomic E-state index is 4.75. The van der Waals surface area contributed by atoms with E-state index in [4.69, 9.17) is 4.52 Å². The van der Waals surface area contributed by atoms with E-state index in [-0.39, 0.29) is 6.79 Å². The molecule has 1 atom stereocenters. The van der Waals surface area contributed by atoms with Gasteiger partial charge in [0.1, 0.15) is 6.13 Å². The summed E-state index contributed by atoms with van der Waals surface area (Å²) in [6, 6.07) is 0. The lowest BCUT2D eigenvalue weighted by Crippen LogP contribution is -1.84. The minimum Gasteiger partial charge on any atom is -0.358 e. The normalized spacial score (nSPS) is 14.0. The molecule has 1 unspecified atom stereocenters. The van der Waals surface area contributed by atoms with E-state index in [0.717, 1.165) is 0 Å². The largest absolute Gasteiger partial charge is 0.358 e. The van der Waals surface area contributed by atoms with Crippen molar-refractivity contribution in [1.29, 1.82) is 0 Å². The van der Waals surface area contributed by atoms with Gasteiger partial charge in [0.15, 0.2) is 6.79 Å². The maximum absolute atomic E-state index is 4.75. The number of thiol groups is 1. The van der Waals surface area contributed by atoms with Crippen LogP contribution in [0.4, 0.5) is 0 Å². The first kappa shape index (κ1) is 7.92. The van der Waals surface area contributed by atoms with Gasteiger partial charge < -0.3 is 9.26 Å². The Morgan fingerprint density at radius 1 is 1.86 bits per heavy atom. The average Bonchev–Trinajstić information content (AvgIpc) is 1.61. The molecule has 0 heterocycles. The van der Waals surface area contributed by atoms with Gasteiger partial charge in [0.05, 0.1) is 0 Å². The van der Waals surface area contributed by atoms with Crippen molar-refractivity contribution in [3.05, 3.63) is 0 Å². The lowest BCUT2D eigenvalue weighted by atomic mass is 11.4. The molecule has 0 N–H and O–H groups in total. The SMILES string of the molecule is COCO[PH](=S)S. The lowest BCUT2D eigenvalue weighted by Gasteiger charge is -1.95. The van der Waals surface area contributed by atoms with Crippen molar-refractivity contribution in [2.45, 2.75) is 0 Å². The standard InChI is InChI=1S/C2H7O2PS2/c1-3-2-4-5(6)7/h5H,2H2,1H3,(H,6,7). The zero-order chi connectivity index (χ0) is 5.70. The molecule has 2 nitrogen and oxygen atoms in total. The Hall–Kier alpha value is 0.920. The van der Waals surface area contributed by atoms with Crippen molar-refractivity contribution in [1.82, 2.24) is 0 Å². The molecular weight excluding hydrogens is 151 g/mol. The van der Waals surface area contributed by atoms with Gasteiger partial charge in [0.2, 0.25) is 0 Å². The summed E-state index contributed by atoms with van der Waals surface area (Å²) in [5, 5.41) is 0. The third-order valence-electron chi connectivity index (χ3n) is 0.300. The molecule has 0 aromatic rings. The van der Waals surface area contributed by atoms with Gasteiger partial charge in [0.25, 0.3) is 0 Å². The summed E-state index contributed by atoms with van der Waals surface area (Å²) in [7, 11) is 1.55. The highest BCUT2D eigenvalue weighted by Gasteiger charge is 1.80. The van der Waals surface area contributed by atoms with Gasteiger partial charge in [-0.2, -0.15) is 0 Å². The van der Waals surface area contributed by atoms with Gasteiger partial charge in [-0.15, -0.1) is 12.2 Å². The molecule has 0 rings (SSSR count). The second-order valence-electron chi connectivity index (χ2n) is 0.817. The molecule has 7 heavy (non-hydrogen) atoms. The smallest absolute Gasteiger partial charge is 0.151 e. The Labute approximate surface area is 53.9 Å². The summed E-state index contributed by atoms with van der Waals surface area (Å²) in [6.07, 6.45) is -1.24. The van der Waals surface area contributed by atoms with Crippen molar-refractivity contribution in [2.24, 2.45) is 0 Å². The Kier molecular flexibility index (Phi) is 5.73. The highest BCUT2D eigenvalue weighted by atomic mass is 32.9. The van der Waals surface area contributed by atoms with Crippen LogP contribution < -0.4 is 0 Å². The highest BCUT2D eigenvalue weighted by molar-refractivity contribution is 8.54. The van der Waals surface area contributed by atoms with E-state index in [1.165, 1.54) is 0 Å². The van der Waals surface area contributed by atoms with Crippen molar-refractivity contribution in [2.75, 3.05) is 13.9 Å². The van der Waals surface area contributed by atoms with Gasteiger partial charge in [-0.1, -0.05) is 11.8 Å². The van der Waals surface area contributed by atoms with Crippen LogP contribution in [0.5, 0.6) is 0 Å². The quantitative estimate of drug-likeness (QED) is 0.376. The summed E-state index contributed by atoms with van der Waals surface area (Å²) >= 11 is 8.45. The van der Waals surface area contributed by atoms with Crippen LogP contribution in [0.25, 0.3) is 0 Å². The Bertz CT molecular complexity index is 66.7. The predicted octanol–water partition coefficient (Wildman–Crippen LogP) is 1.04. The molecule has 0 aromatic carbocycles. The molecule has 0 radical (unpaired) electrons. The molecule has 0 aliphatic heterocycles. The molecular formula is C2H7O2PS2. The van der Waals surface area contributed by atoms with E-state index in [9.17, 15) is 0 Å². The van der Waals surface area contributed by atoms with Crippen molar-refractivity contribution in [3.8, 4) is 0 Å². The van der Waals surface area contributed by atoms with E-state index in [0.29, 0.717) is 0 Å². The van der Waals surface area contributed by atoms with Crippen molar-refractivity contribution < 1.29 is 9.26 Å². The first-order valence-electron chi connectivity index (χ1n) is 1.62. The van der Waals surface area contributed by atoms with Crippen LogP contribution in [-0.4, -0.2) is 13.9 Å². The molecule has 0 saturated heterocycles. The molecule has 0 bridgehead atoms. The van der Waals surface area contributed by atoms with Gasteiger partial charge >= 0.3 is 0 Å².